The molecule has 0 N–H and O–H groups in total. The molecule has 108 valence electrons. The minimum Gasteiger partial charge on any atom is -0.379 e. The van der Waals surface area contributed by atoms with Gasteiger partial charge in [0.2, 0.25) is 0 Å². The molecule has 1 aliphatic heterocycles. The maximum atomic E-state index is 5.53. The molecule has 0 spiro atoms. The van der Waals surface area contributed by atoms with Crippen LogP contribution in [-0.2, 0) is 23.7 Å². The summed E-state index contributed by atoms with van der Waals surface area (Å²) in [6.45, 7) is 7.19. The lowest BCUT2D eigenvalue weighted by Gasteiger charge is -2.22. The van der Waals surface area contributed by atoms with E-state index < -0.39 is 0 Å². The van der Waals surface area contributed by atoms with Crippen LogP contribution >= 0.6 is 0 Å². The third kappa shape index (κ3) is 8.83. The molecule has 1 atom stereocenters. The van der Waals surface area contributed by atoms with Crippen molar-refractivity contribution in [3.05, 3.63) is 0 Å². The topological polar surface area (TPSA) is 46.2 Å². The zero-order valence-electron chi connectivity index (χ0n) is 11.4. The van der Waals surface area contributed by atoms with Gasteiger partial charge >= 0.3 is 0 Å². The highest BCUT2D eigenvalue weighted by atomic mass is 16.7. The average molecular weight is 262 g/mol. The van der Waals surface area contributed by atoms with Crippen LogP contribution in [0.15, 0.2) is 0 Å². The van der Waals surface area contributed by atoms with Gasteiger partial charge in [0.1, 0.15) is 0 Å². The monoisotopic (exact) mass is 262 g/mol. The van der Waals surface area contributed by atoms with Crippen molar-refractivity contribution < 1.29 is 23.7 Å². The second kappa shape index (κ2) is 11.9. The molecule has 0 amide bonds. The van der Waals surface area contributed by atoms with Crippen molar-refractivity contribution in [3.63, 3.8) is 0 Å². The lowest BCUT2D eigenvalue weighted by Crippen LogP contribution is -2.24. The van der Waals surface area contributed by atoms with E-state index in [9.17, 15) is 0 Å². The van der Waals surface area contributed by atoms with Crippen molar-refractivity contribution in [2.45, 2.75) is 32.5 Å². The molecule has 0 aromatic heterocycles. The van der Waals surface area contributed by atoms with Crippen molar-refractivity contribution in [2.75, 3.05) is 52.9 Å². The Balaban J connectivity index is 1.73. The maximum Gasteiger partial charge on any atom is 0.157 e. The Bertz CT molecular complexity index is 171. The molecule has 5 nitrogen and oxygen atoms in total. The van der Waals surface area contributed by atoms with Crippen LogP contribution in [0.25, 0.3) is 0 Å². The first-order valence-electron chi connectivity index (χ1n) is 6.90. The highest BCUT2D eigenvalue weighted by Crippen LogP contribution is 2.13. The zero-order chi connectivity index (χ0) is 12.9. The van der Waals surface area contributed by atoms with Gasteiger partial charge in [0, 0.05) is 13.2 Å². The van der Waals surface area contributed by atoms with Gasteiger partial charge in [-0.25, -0.2) is 0 Å². The largest absolute Gasteiger partial charge is 0.379 e. The number of hydrogen-bond acceptors (Lipinski definition) is 5. The van der Waals surface area contributed by atoms with Gasteiger partial charge in [-0.15, -0.1) is 0 Å². The summed E-state index contributed by atoms with van der Waals surface area (Å²) in [5, 5.41) is 0. The van der Waals surface area contributed by atoms with Crippen molar-refractivity contribution in [3.8, 4) is 0 Å². The molecule has 0 aromatic rings. The second-order valence-corrected chi connectivity index (χ2v) is 4.09. The van der Waals surface area contributed by atoms with Crippen molar-refractivity contribution >= 4 is 0 Å². The normalized spacial score (nSPS) is 20.2. The van der Waals surface area contributed by atoms with Gasteiger partial charge in [-0.2, -0.15) is 0 Å². The fraction of sp³-hybridized carbons (Fsp3) is 1.00. The van der Waals surface area contributed by atoms with E-state index in [2.05, 4.69) is 0 Å². The molecular weight excluding hydrogens is 236 g/mol. The van der Waals surface area contributed by atoms with E-state index in [0.29, 0.717) is 39.6 Å². The Morgan fingerprint density at radius 2 is 1.56 bits per heavy atom. The quantitative estimate of drug-likeness (QED) is 0.529. The van der Waals surface area contributed by atoms with Gasteiger partial charge in [-0.05, 0) is 26.2 Å². The summed E-state index contributed by atoms with van der Waals surface area (Å²) in [6, 6.07) is 0. The van der Waals surface area contributed by atoms with E-state index in [1.807, 2.05) is 6.92 Å². The molecule has 0 radical (unpaired) electrons. The maximum absolute atomic E-state index is 5.53. The molecule has 1 heterocycles. The minimum atomic E-state index is -0.0233. The van der Waals surface area contributed by atoms with Crippen LogP contribution in [0.2, 0.25) is 0 Å². The summed E-state index contributed by atoms with van der Waals surface area (Å²) in [6.07, 6.45) is 3.32. The average Bonchev–Trinajstić information content (AvgIpc) is 2.42. The Morgan fingerprint density at radius 3 is 2.17 bits per heavy atom. The molecule has 0 saturated carbocycles. The molecular formula is C13H26O5. The predicted octanol–water partition coefficient (Wildman–Crippen LogP) is 1.60. The Hall–Kier alpha value is -0.200. The van der Waals surface area contributed by atoms with Crippen molar-refractivity contribution in [1.82, 2.24) is 0 Å². The zero-order valence-corrected chi connectivity index (χ0v) is 11.4. The molecule has 0 aliphatic carbocycles. The van der Waals surface area contributed by atoms with Crippen molar-refractivity contribution in [2.24, 2.45) is 0 Å². The van der Waals surface area contributed by atoms with Gasteiger partial charge in [-0.3, -0.25) is 0 Å². The smallest absolute Gasteiger partial charge is 0.157 e. The number of rotatable bonds is 11. The van der Waals surface area contributed by atoms with E-state index in [1.165, 1.54) is 6.42 Å². The summed E-state index contributed by atoms with van der Waals surface area (Å²) in [5.41, 5.74) is 0. The van der Waals surface area contributed by atoms with Crippen LogP contribution in [0, 0.1) is 0 Å². The minimum absolute atomic E-state index is 0.0233. The third-order valence-electron chi connectivity index (χ3n) is 2.62. The molecule has 5 heteroatoms. The van der Waals surface area contributed by atoms with E-state index in [0.717, 1.165) is 26.1 Å². The fourth-order valence-corrected chi connectivity index (χ4v) is 1.67. The Kier molecular flexibility index (Phi) is 10.5. The lowest BCUT2D eigenvalue weighted by atomic mass is 10.2. The van der Waals surface area contributed by atoms with E-state index in [1.54, 1.807) is 0 Å². The van der Waals surface area contributed by atoms with E-state index >= 15 is 0 Å². The summed E-state index contributed by atoms with van der Waals surface area (Å²) in [7, 11) is 0. The summed E-state index contributed by atoms with van der Waals surface area (Å²) in [4.78, 5) is 0. The van der Waals surface area contributed by atoms with Gasteiger partial charge in [0.05, 0.1) is 39.6 Å². The molecule has 0 bridgehead atoms. The number of ether oxygens (including phenoxy) is 5. The summed E-state index contributed by atoms with van der Waals surface area (Å²) >= 11 is 0. The standard InChI is InChI=1S/C13H26O5/c1-2-14-7-8-15-9-10-16-11-12-18-13-5-3-4-6-17-13/h13H,2-12H2,1H3. The first kappa shape index (κ1) is 15.9. The summed E-state index contributed by atoms with van der Waals surface area (Å²) in [5.74, 6) is 0. The van der Waals surface area contributed by atoms with Crippen molar-refractivity contribution in [1.29, 1.82) is 0 Å². The van der Waals surface area contributed by atoms with Crippen LogP contribution in [0.5, 0.6) is 0 Å². The molecule has 0 aromatic carbocycles. The fourth-order valence-electron chi connectivity index (χ4n) is 1.67. The van der Waals surface area contributed by atoms with Crippen LogP contribution in [0.4, 0.5) is 0 Å². The SMILES string of the molecule is CCOCCOCCOCCOC1CCCCO1. The van der Waals surface area contributed by atoms with Crippen LogP contribution in [-0.4, -0.2) is 59.1 Å². The third-order valence-corrected chi connectivity index (χ3v) is 2.62. The van der Waals surface area contributed by atoms with Crippen LogP contribution in [0.1, 0.15) is 26.2 Å². The lowest BCUT2D eigenvalue weighted by molar-refractivity contribution is -0.169. The predicted molar refractivity (Wildman–Crippen MR) is 67.7 cm³/mol. The van der Waals surface area contributed by atoms with Crippen LogP contribution < -0.4 is 0 Å². The Morgan fingerprint density at radius 1 is 0.889 bits per heavy atom. The number of hydrogen-bond donors (Lipinski definition) is 0. The van der Waals surface area contributed by atoms with Gasteiger partial charge in [0.25, 0.3) is 0 Å². The highest BCUT2D eigenvalue weighted by molar-refractivity contribution is 4.53. The first-order chi connectivity index (χ1) is 8.93. The molecule has 1 rings (SSSR count). The molecule has 1 saturated heterocycles. The van der Waals surface area contributed by atoms with Gasteiger partial charge in [0.15, 0.2) is 6.29 Å². The molecule has 18 heavy (non-hydrogen) atoms. The highest BCUT2D eigenvalue weighted by Gasteiger charge is 2.13. The molecule has 1 fully saturated rings. The first-order valence-corrected chi connectivity index (χ1v) is 6.90. The van der Waals surface area contributed by atoms with Gasteiger partial charge < -0.3 is 23.7 Å². The van der Waals surface area contributed by atoms with Crippen LogP contribution in [0.3, 0.4) is 0 Å². The molecule has 1 unspecified atom stereocenters. The Labute approximate surface area is 110 Å². The molecule has 1 aliphatic rings. The van der Waals surface area contributed by atoms with E-state index in [4.69, 9.17) is 23.7 Å². The van der Waals surface area contributed by atoms with E-state index in [-0.39, 0.29) is 6.29 Å². The summed E-state index contributed by atoms with van der Waals surface area (Å²) < 4.78 is 26.8. The second-order valence-electron chi connectivity index (χ2n) is 4.09. The van der Waals surface area contributed by atoms with Gasteiger partial charge in [-0.1, -0.05) is 0 Å².